The Labute approximate surface area is 146 Å². The number of fused-ring (bicyclic) bond motifs is 9. The van der Waals surface area contributed by atoms with Crippen LogP contribution in [0.4, 0.5) is 0 Å². The van der Waals surface area contributed by atoms with E-state index in [1.165, 1.54) is 25.7 Å². The lowest BCUT2D eigenvalue weighted by Crippen LogP contribution is -2.47. The molecule has 0 saturated heterocycles. The maximum Gasteiger partial charge on any atom is 0.311 e. The molecule has 0 radical (unpaired) electrons. The van der Waals surface area contributed by atoms with Gasteiger partial charge in [0.1, 0.15) is 6.61 Å². The first kappa shape index (κ1) is 16.9. The van der Waals surface area contributed by atoms with Crippen LogP contribution >= 0.6 is 0 Å². The molecular weight excluding hydrogens is 300 g/mol. The van der Waals surface area contributed by atoms with Gasteiger partial charge in [-0.1, -0.05) is 6.92 Å². The van der Waals surface area contributed by atoms with Gasteiger partial charge in [-0.2, -0.15) is 0 Å². The van der Waals surface area contributed by atoms with Crippen LogP contribution in [-0.4, -0.2) is 23.3 Å². The Kier molecular flexibility index (Phi) is 3.84. The molecule has 0 aromatic rings. The van der Waals surface area contributed by atoms with Crippen LogP contribution in [-0.2, 0) is 9.53 Å². The van der Waals surface area contributed by atoms with Crippen molar-refractivity contribution in [2.75, 3.05) is 6.61 Å². The Hall–Kier alpha value is -0.570. The second kappa shape index (κ2) is 5.46. The molecule has 4 bridgehead atoms. The van der Waals surface area contributed by atoms with E-state index in [0.717, 1.165) is 42.4 Å². The molecule has 0 amide bonds. The Morgan fingerprint density at radius 3 is 2.38 bits per heavy atom. The van der Waals surface area contributed by atoms with Crippen molar-refractivity contribution < 1.29 is 14.6 Å². The third kappa shape index (κ3) is 2.37. The Morgan fingerprint density at radius 1 is 1.04 bits per heavy atom. The predicted molar refractivity (Wildman–Crippen MR) is 93.2 cm³/mol. The van der Waals surface area contributed by atoms with Crippen molar-refractivity contribution in [3.63, 3.8) is 0 Å². The van der Waals surface area contributed by atoms with Crippen molar-refractivity contribution in [1.29, 1.82) is 0 Å². The van der Waals surface area contributed by atoms with E-state index >= 15 is 0 Å². The maximum atomic E-state index is 12.3. The minimum Gasteiger partial charge on any atom is -0.462 e. The number of hydrogen-bond donors (Lipinski definition) is 1. The third-order valence-corrected chi connectivity index (χ3v) is 8.46. The van der Waals surface area contributed by atoms with Gasteiger partial charge in [0.25, 0.3) is 0 Å². The summed E-state index contributed by atoms with van der Waals surface area (Å²) in [7, 11) is 0. The average molecular weight is 335 g/mol. The van der Waals surface area contributed by atoms with Gasteiger partial charge in [-0.3, -0.25) is 4.79 Å². The van der Waals surface area contributed by atoms with Gasteiger partial charge in [-0.25, -0.2) is 0 Å². The minimum absolute atomic E-state index is 0.161. The molecule has 0 aromatic carbocycles. The summed E-state index contributed by atoms with van der Waals surface area (Å²) >= 11 is 0. The van der Waals surface area contributed by atoms with Crippen LogP contribution in [0.25, 0.3) is 0 Å². The number of hydrogen-bond acceptors (Lipinski definition) is 3. The minimum atomic E-state index is -0.869. The molecule has 0 spiro atoms. The third-order valence-electron chi connectivity index (χ3n) is 8.46. The second-order valence-electron chi connectivity index (χ2n) is 10.2. The fourth-order valence-electron chi connectivity index (χ4n) is 6.94. The van der Waals surface area contributed by atoms with Crippen molar-refractivity contribution in [2.24, 2.45) is 46.8 Å². The highest BCUT2D eigenvalue weighted by molar-refractivity contribution is 5.75. The molecule has 4 rings (SSSR count). The Balaban J connectivity index is 1.42. The van der Waals surface area contributed by atoms with Crippen LogP contribution in [0.3, 0.4) is 0 Å². The number of esters is 1. The van der Waals surface area contributed by atoms with E-state index in [0.29, 0.717) is 11.8 Å². The lowest BCUT2D eigenvalue weighted by molar-refractivity contribution is -0.166. The maximum absolute atomic E-state index is 12.3. The smallest absolute Gasteiger partial charge is 0.311 e. The van der Waals surface area contributed by atoms with Crippen LogP contribution in [0, 0.1) is 46.8 Å². The van der Waals surface area contributed by atoms with Crippen molar-refractivity contribution in [1.82, 2.24) is 0 Å². The molecule has 136 valence electrons. The van der Waals surface area contributed by atoms with E-state index in [-0.39, 0.29) is 12.6 Å². The van der Waals surface area contributed by atoms with E-state index in [1.807, 2.05) is 27.7 Å². The largest absolute Gasteiger partial charge is 0.462 e. The quantitative estimate of drug-likeness (QED) is 0.610. The van der Waals surface area contributed by atoms with Gasteiger partial charge >= 0.3 is 5.97 Å². The molecule has 24 heavy (non-hydrogen) atoms. The standard InChI is InChI=1S/C21H34O3/c1-5-20(2,3)19(22)24-11-21(4,23)16-10-14-9-15(16)18-13-7-6-12(8-13)17(14)18/h12-18,23H,5-11H2,1-4H3. The predicted octanol–water partition coefficient (Wildman–Crippen LogP) is 4.04. The molecule has 4 aliphatic carbocycles. The molecule has 3 nitrogen and oxygen atoms in total. The summed E-state index contributed by atoms with van der Waals surface area (Å²) in [6, 6.07) is 0. The number of aliphatic hydroxyl groups is 1. The molecule has 0 heterocycles. The number of carbonyl (C=O) groups is 1. The summed E-state index contributed by atoms with van der Waals surface area (Å²) in [5.74, 6) is 5.38. The summed E-state index contributed by atoms with van der Waals surface area (Å²) in [6.45, 7) is 7.91. The first-order valence-electron chi connectivity index (χ1n) is 10.1. The van der Waals surface area contributed by atoms with E-state index < -0.39 is 11.0 Å². The molecule has 4 aliphatic rings. The summed E-state index contributed by atoms with van der Waals surface area (Å²) < 4.78 is 5.57. The lowest BCUT2D eigenvalue weighted by Gasteiger charge is -2.44. The summed E-state index contributed by atoms with van der Waals surface area (Å²) in [5.41, 5.74) is -1.33. The van der Waals surface area contributed by atoms with Gasteiger partial charge in [0, 0.05) is 0 Å². The van der Waals surface area contributed by atoms with Gasteiger partial charge in [0.05, 0.1) is 11.0 Å². The van der Waals surface area contributed by atoms with E-state index in [4.69, 9.17) is 4.74 Å². The molecule has 8 atom stereocenters. The van der Waals surface area contributed by atoms with Gasteiger partial charge < -0.3 is 9.84 Å². The zero-order valence-electron chi connectivity index (χ0n) is 15.8. The van der Waals surface area contributed by atoms with E-state index in [9.17, 15) is 9.90 Å². The van der Waals surface area contributed by atoms with Crippen LogP contribution in [0.2, 0.25) is 0 Å². The SMILES string of the molecule is CCC(C)(C)C(=O)OCC(C)(O)C1CC2CC1C1C3CCC(C3)C21. The summed E-state index contributed by atoms with van der Waals surface area (Å²) in [5, 5.41) is 11.1. The first-order chi connectivity index (χ1) is 11.2. The summed E-state index contributed by atoms with van der Waals surface area (Å²) in [6.07, 6.45) is 7.56. The van der Waals surface area contributed by atoms with Gasteiger partial charge in [-0.05, 0) is 101 Å². The second-order valence-corrected chi connectivity index (χ2v) is 10.2. The van der Waals surface area contributed by atoms with Gasteiger partial charge in [-0.15, -0.1) is 0 Å². The van der Waals surface area contributed by atoms with Crippen molar-refractivity contribution in [3.8, 4) is 0 Å². The van der Waals surface area contributed by atoms with Crippen molar-refractivity contribution in [3.05, 3.63) is 0 Å². The highest BCUT2D eigenvalue weighted by Crippen LogP contribution is 2.69. The van der Waals surface area contributed by atoms with Gasteiger partial charge in [0.15, 0.2) is 0 Å². The Bertz CT molecular complexity index is 523. The van der Waals surface area contributed by atoms with Crippen LogP contribution in [0.5, 0.6) is 0 Å². The molecule has 3 heteroatoms. The zero-order chi connectivity index (χ0) is 17.3. The van der Waals surface area contributed by atoms with Crippen LogP contribution in [0.1, 0.15) is 66.2 Å². The number of rotatable bonds is 5. The van der Waals surface area contributed by atoms with Crippen molar-refractivity contribution in [2.45, 2.75) is 71.8 Å². The lowest BCUT2D eigenvalue weighted by atomic mass is 9.64. The van der Waals surface area contributed by atoms with Crippen molar-refractivity contribution >= 4 is 5.97 Å². The highest BCUT2D eigenvalue weighted by atomic mass is 16.5. The average Bonchev–Trinajstić information content (AvgIpc) is 3.29. The molecule has 1 N–H and O–H groups in total. The molecular formula is C21H34O3. The normalized spacial score (nSPS) is 45.3. The molecule has 4 saturated carbocycles. The zero-order valence-corrected chi connectivity index (χ0v) is 15.8. The monoisotopic (exact) mass is 334 g/mol. The highest BCUT2D eigenvalue weighted by Gasteiger charge is 2.64. The fourth-order valence-corrected chi connectivity index (χ4v) is 6.94. The molecule has 8 unspecified atom stereocenters. The van der Waals surface area contributed by atoms with E-state index in [1.54, 1.807) is 0 Å². The van der Waals surface area contributed by atoms with Crippen LogP contribution in [0.15, 0.2) is 0 Å². The topological polar surface area (TPSA) is 46.5 Å². The van der Waals surface area contributed by atoms with Crippen LogP contribution < -0.4 is 0 Å². The molecule has 0 aliphatic heterocycles. The summed E-state index contributed by atoms with van der Waals surface area (Å²) in [4.78, 5) is 12.3. The van der Waals surface area contributed by atoms with Gasteiger partial charge in [0.2, 0.25) is 0 Å². The number of ether oxygens (including phenoxy) is 1. The fraction of sp³-hybridized carbons (Fsp3) is 0.952. The molecule has 4 fully saturated rings. The molecule has 0 aromatic heterocycles. The first-order valence-corrected chi connectivity index (χ1v) is 10.1. The number of carbonyl (C=O) groups excluding carboxylic acids is 1. The van der Waals surface area contributed by atoms with E-state index in [2.05, 4.69) is 0 Å². The Morgan fingerprint density at radius 2 is 1.71 bits per heavy atom.